The van der Waals surface area contributed by atoms with E-state index in [2.05, 4.69) is 15.3 Å². The molecular formula is C12H20N4OS. The summed E-state index contributed by atoms with van der Waals surface area (Å²) in [7, 11) is 0. The third-order valence-electron chi connectivity index (χ3n) is 3.50. The van der Waals surface area contributed by atoms with Crippen LogP contribution in [0.3, 0.4) is 0 Å². The number of thioether (sulfide) groups is 1. The lowest BCUT2D eigenvalue weighted by molar-refractivity contribution is 0.199. The van der Waals surface area contributed by atoms with Crippen LogP contribution in [0.5, 0.6) is 0 Å². The summed E-state index contributed by atoms with van der Waals surface area (Å²) in [5.41, 5.74) is 5.73. The molecule has 6 heteroatoms. The van der Waals surface area contributed by atoms with Gasteiger partial charge in [0.1, 0.15) is 11.6 Å². The van der Waals surface area contributed by atoms with Crippen LogP contribution in [0.2, 0.25) is 0 Å². The van der Waals surface area contributed by atoms with E-state index >= 15 is 0 Å². The van der Waals surface area contributed by atoms with Gasteiger partial charge in [0.25, 0.3) is 0 Å². The molecule has 2 rings (SSSR count). The van der Waals surface area contributed by atoms with Crippen molar-refractivity contribution in [2.75, 3.05) is 30.5 Å². The third-order valence-corrected chi connectivity index (χ3v) is 4.05. The lowest BCUT2D eigenvalue weighted by atomic mass is 9.97. The highest BCUT2D eigenvalue weighted by Crippen LogP contribution is 2.31. The summed E-state index contributed by atoms with van der Waals surface area (Å²) < 4.78 is 0. The highest BCUT2D eigenvalue weighted by atomic mass is 32.2. The Kier molecular flexibility index (Phi) is 4.66. The second kappa shape index (κ2) is 6.24. The van der Waals surface area contributed by atoms with Gasteiger partial charge < -0.3 is 16.2 Å². The quantitative estimate of drug-likeness (QED) is 0.556. The van der Waals surface area contributed by atoms with Gasteiger partial charge in [-0.3, -0.25) is 0 Å². The van der Waals surface area contributed by atoms with Crippen molar-refractivity contribution >= 4 is 23.4 Å². The Bertz CT molecular complexity index is 402. The van der Waals surface area contributed by atoms with E-state index in [4.69, 9.17) is 5.73 Å². The number of nitrogen functional groups attached to an aromatic ring is 1. The molecule has 0 aromatic carbocycles. The maximum Gasteiger partial charge on any atom is 0.191 e. The first-order chi connectivity index (χ1) is 8.72. The van der Waals surface area contributed by atoms with E-state index in [9.17, 15) is 5.11 Å². The number of nitrogens with two attached hydrogens (primary N) is 1. The highest BCUT2D eigenvalue weighted by molar-refractivity contribution is 7.98. The fraction of sp³-hybridized carbons (Fsp3) is 0.667. The Morgan fingerprint density at radius 2 is 2.22 bits per heavy atom. The number of nitrogens with one attached hydrogen (secondary N) is 1. The summed E-state index contributed by atoms with van der Waals surface area (Å²) in [5, 5.41) is 13.3. The molecule has 18 heavy (non-hydrogen) atoms. The maximum atomic E-state index is 9.28. The van der Waals surface area contributed by atoms with Gasteiger partial charge in [0.2, 0.25) is 0 Å². The van der Waals surface area contributed by atoms with Crippen molar-refractivity contribution in [3.63, 3.8) is 0 Å². The normalized spacial score (nSPS) is 23.2. The molecular weight excluding hydrogens is 248 g/mol. The molecule has 2 atom stereocenters. The minimum absolute atomic E-state index is 0.286. The van der Waals surface area contributed by atoms with Crippen molar-refractivity contribution in [1.29, 1.82) is 0 Å². The number of aromatic nitrogens is 2. The first-order valence-corrected chi connectivity index (χ1v) is 7.48. The van der Waals surface area contributed by atoms with Crippen LogP contribution in [-0.4, -0.2) is 34.5 Å². The average Bonchev–Trinajstić information content (AvgIpc) is 2.83. The molecule has 5 nitrogen and oxygen atoms in total. The van der Waals surface area contributed by atoms with Gasteiger partial charge in [-0.15, -0.1) is 0 Å². The van der Waals surface area contributed by atoms with Crippen LogP contribution < -0.4 is 11.1 Å². The molecule has 4 N–H and O–H groups in total. The van der Waals surface area contributed by atoms with Crippen LogP contribution in [0, 0.1) is 11.8 Å². The largest absolute Gasteiger partial charge is 0.396 e. The van der Waals surface area contributed by atoms with E-state index in [1.54, 1.807) is 6.07 Å². The van der Waals surface area contributed by atoms with Gasteiger partial charge >= 0.3 is 0 Å². The van der Waals surface area contributed by atoms with Crippen molar-refractivity contribution in [1.82, 2.24) is 9.97 Å². The van der Waals surface area contributed by atoms with Gasteiger partial charge in [0.15, 0.2) is 5.16 Å². The molecule has 1 aromatic heterocycles. The van der Waals surface area contributed by atoms with Crippen LogP contribution >= 0.6 is 11.8 Å². The zero-order chi connectivity index (χ0) is 13.0. The molecule has 0 amide bonds. The number of anilines is 2. The fourth-order valence-corrected chi connectivity index (χ4v) is 2.87. The molecule has 1 heterocycles. The van der Waals surface area contributed by atoms with E-state index in [0.29, 0.717) is 22.8 Å². The summed E-state index contributed by atoms with van der Waals surface area (Å²) in [5.74, 6) is 2.22. The molecule has 1 aliphatic carbocycles. The Labute approximate surface area is 112 Å². The van der Waals surface area contributed by atoms with Crippen molar-refractivity contribution in [3.8, 4) is 0 Å². The van der Waals surface area contributed by atoms with Crippen LogP contribution in [0.15, 0.2) is 11.2 Å². The minimum atomic E-state index is 0.286. The summed E-state index contributed by atoms with van der Waals surface area (Å²) in [6.45, 7) is 1.13. The highest BCUT2D eigenvalue weighted by Gasteiger charge is 2.26. The van der Waals surface area contributed by atoms with Crippen LogP contribution in [0.4, 0.5) is 11.6 Å². The Balaban J connectivity index is 1.95. The summed E-state index contributed by atoms with van der Waals surface area (Å²) in [4.78, 5) is 8.47. The van der Waals surface area contributed by atoms with Crippen molar-refractivity contribution in [2.45, 2.75) is 24.4 Å². The second-order valence-electron chi connectivity index (χ2n) is 4.68. The number of nitrogens with zero attached hydrogens (tertiary/aromatic N) is 2. The number of hydrogen-bond acceptors (Lipinski definition) is 6. The molecule has 0 radical (unpaired) electrons. The Morgan fingerprint density at radius 1 is 1.44 bits per heavy atom. The summed E-state index contributed by atoms with van der Waals surface area (Å²) in [6, 6.07) is 1.75. The number of aliphatic hydroxyl groups is 1. The van der Waals surface area contributed by atoms with Crippen LogP contribution in [0.25, 0.3) is 0 Å². The topological polar surface area (TPSA) is 84.1 Å². The number of hydrogen-bond donors (Lipinski definition) is 3. The van der Waals surface area contributed by atoms with Crippen molar-refractivity contribution in [3.05, 3.63) is 6.07 Å². The van der Waals surface area contributed by atoms with E-state index in [1.165, 1.54) is 24.6 Å². The van der Waals surface area contributed by atoms with Gasteiger partial charge in [-0.1, -0.05) is 18.2 Å². The fourth-order valence-electron chi connectivity index (χ4n) is 2.48. The zero-order valence-corrected chi connectivity index (χ0v) is 11.4. The molecule has 100 valence electrons. The first kappa shape index (κ1) is 13.4. The Hall–Kier alpha value is -1.01. The summed E-state index contributed by atoms with van der Waals surface area (Å²) in [6.07, 6.45) is 5.44. The standard InChI is InChI=1S/C12H20N4OS/c1-18-12-15-10(13)5-11(16-12)14-6-8-3-2-4-9(8)7-17/h5,8-9,17H,2-4,6-7H2,1H3,(H3,13,14,15,16). The summed E-state index contributed by atoms with van der Waals surface area (Å²) >= 11 is 1.48. The van der Waals surface area contributed by atoms with E-state index in [-0.39, 0.29) is 6.61 Å². The van der Waals surface area contributed by atoms with Gasteiger partial charge in [0.05, 0.1) is 0 Å². The molecule has 0 saturated heterocycles. The molecule has 0 bridgehead atoms. The van der Waals surface area contributed by atoms with Gasteiger partial charge in [0, 0.05) is 19.2 Å². The maximum absolute atomic E-state index is 9.28. The minimum Gasteiger partial charge on any atom is -0.396 e. The molecule has 1 aromatic rings. The molecule has 1 fully saturated rings. The Morgan fingerprint density at radius 3 is 2.94 bits per heavy atom. The zero-order valence-electron chi connectivity index (χ0n) is 10.6. The van der Waals surface area contributed by atoms with Gasteiger partial charge in [-0.25, -0.2) is 9.97 Å². The SMILES string of the molecule is CSc1nc(N)cc(NCC2CCCC2CO)n1. The lowest BCUT2D eigenvalue weighted by Crippen LogP contribution is -2.21. The van der Waals surface area contributed by atoms with E-state index in [1.807, 2.05) is 6.26 Å². The predicted molar refractivity (Wildman–Crippen MR) is 74.6 cm³/mol. The molecule has 1 saturated carbocycles. The third kappa shape index (κ3) is 3.26. The number of rotatable bonds is 5. The number of aliphatic hydroxyl groups excluding tert-OH is 1. The molecule has 0 aliphatic heterocycles. The average molecular weight is 268 g/mol. The van der Waals surface area contributed by atoms with Crippen LogP contribution in [0.1, 0.15) is 19.3 Å². The van der Waals surface area contributed by atoms with E-state index < -0.39 is 0 Å². The van der Waals surface area contributed by atoms with E-state index in [0.717, 1.165) is 18.8 Å². The van der Waals surface area contributed by atoms with Gasteiger partial charge in [-0.05, 0) is 30.9 Å². The van der Waals surface area contributed by atoms with Crippen molar-refractivity contribution in [2.24, 2.45) is 11.8 Å². The predicted octanol–water partition coefficient (Wildman–Crippen LogP) is 1.60. The first-order valence-electron chi connectivity index (χ1n) is 6.26. The van der Waals surface area contributed by atoms with Gasteiger partial charge in [-0.2, -0.15) is 0 Å². The lowest BCUT2D eigenvalue weighted by Gasteiger charge is -2.18. The van der Waals surface area contributed by atoms with Crippen LogP contribution in [-0.2, 0) is 0 Å². The smallest absolute Gasteiger partial charge is 0.191 e. The molecule has 0 spiro atoms. The molecule has 1 aliphatic rings. The molecule has 2 unspecified atom stereocenters. The van der Waals surface area contributed by atoms with Crippen molar-refractivity contribution < 1.29 is 5.11 Å². The second-order valence-corrected chi connectivity index (χ2v) is 5.45. The monoisotopic (exact) mass is 268 g/mol.